The first kappa shape index (κ1) is 17.1. The summed E-state index contributed by atoms with van der Waals surface area (Å²) in [7, 11) is 0. The number of oxazole rings is 1. The van der Waals surface area contributed by atoms with Gasteiger partial charge in [0.1, 0.15) is 5.76 Å². The minimum Gasteiger partial charge on any atom is -0.441 e. The topological polar surface area (TPSA) is 58.4 Å². The highest BCUT2D eigenvalue weighted by Crippen LogP contribution is 2.22. The SMILES string of the molecule is CCN(CC)C(=O)NCCc1nc(-c2ccc(C)cc2)oc1C. The summed E-state index contributed by atoms with van der Waals surface area (Å²) < 4.78 is 5.75. The zero-order chi connectivity index (χ0) is 16.8. The zero-order valence-corrected chi connectivity index (χ0v) is 14.3. The number of hydrogen-bond acceptors (Lipinski definition) is 3. The molecule has 5 heteroatoms. The summed E-state index contributed by atoms with van der Waals surface area (Å²) in [5.41, 5.74) is 3.06. The Kier molecular flexibility index (Phi) is 5.79. The Morgan fingerprint density at radius 1 is 1.17 bits per heavy atom. The van der Waals surface area contributed by atoms with Crippen LogP contribution in [0, 0.1) is 13.8 Å². The summed E-state index contributed by atoms with van der Waals surface area (Å²) in [6, 6.07) is 8.06. The second-order valence-corrected chi connectivity index (χ2v) is 5.54. The van der Waals surface area contributed by atoms with Crippen molar-refractivity contribution in [2.45, 2.75) is 34.1 Å². The number of aryl methyl sites for hydroxylation is 2. The van der Waals surface area contributed by atoms with Crippen LogP contribution in [0.2, 0.25) is 0 Å². The molecule has 0 saturated heterocycles. The van der Waals surface area contributed by atoms with Gasteiger partial charge in [0, 0.05) is 31.6 Å². The van der Waals surface area contributed by atoms with Crippen LogP contribution < -0.4 is 5.32 Å². The molecule has 0 fully saturated rings. The maximum Gasteiger partial charge on any atom is 0.317 e. The molecule has 0 radical (unpaired) electrons. The normalized spacial score (nSPS) is 10.6. The average molecular weight is 315 g/mol. The highest BCUT2D eigenvalue weighted by Gasteiger charge is 2.13. The van der Waals surface area contributed by atoms with Crippen molar-refractivity contribution in [3.8, 4) is 11.5 Å². The maximum atomic E-state index is 11.9. The average Bonchev–Trinajstić information content (AvgIpc) is 2.90. The fraction of sp³-hybridized carbons (Fsp3) is 0.444. The Bertz CT molecular complexity index is 643. The lowest BCUT2D eigenvalue weighted by Gasteiger charge is -2.18. The third-order valence-corrected chi connectivity index (χ3v) is 3.88. The third-order valence-electron chi connectivity index (χ3n) is 3.88. The highest BCUT2D eigenvalue weighted by molar-refractivity contribution is 5.74. The van der Waals surface area contributed by atoms with Crippen molar-refractivity contribution in [3.05, 3.63) is 41.3 Å². The summed E-state index contributed by atoms with van der Waals surface area (Å²) in [6.45, 7) is 9.88. The van der Waals surface area contributed by atoms with Gasteiger partial charge in [0.2, 0.25) is 5.89 Å². The lowest BCUT2D eigenvalue weighted by molar-refractivity contribution is 0.203. The zero-order valence-electron chi connectivity index (χ0n) is 14.3. The van der Waals surface area contributed by atoms with Gasteiger partial charge in [-0.25, -0.2) is 9.78 Å². The molecule has 0 aliphatic heterocycles. The second kappa shape index (κ2) is 7.81. The summed E-state index contributed by atoms with van der Waals surface area (Å²) >= 11 is 0. The van der Waals surface area contributed by atoms with Gasteiger partial charge < -0.3 is 14.6 Å². The molecule has 124 valence electrons. The summed E-state index contributed by atoms with van der Waals surface area (Å²) in [4.78, 5) is 18.2. The molecule has 1 aromatic carbocycles. The molecule has 1 heterocycles. The van der Waals surface area contributed by atoms with Crippen molar-refractivity contribution in [3.63, 3.8) is 0 Å². The van der Waals surface area contributed by atoms with Crippen LogP contribution in [0.1, 0.15) is 30.9 Å². The van der Waals surface area contributed by atoms with E-state index in [4.69, 9.17) is 4.42 Å². The molecule has 2 amide bonds. The number of amides is 2. The fourth-order valence-electron chi connectivity index (χ4n) is 2.39. The molecule has 0 bridgehead atoms. The molecule has 2 aromatic rings. The number of nitrogens with one attached hydrogen (secondary N) is 1. The van der Waals surface area contributed by atoms with Crippen LogP contribution in [0.3, 0.4) is 0 Å². The second-order valence-electron chi connectivity index (χ2n) is 5.54. The van der Waals surface area contributed by atoms with Crippen LogP contribution in [0.4, 0.5) is 4.79 Å². The van der Waals surface area contributed by atoms with Crippen molar-refractivity contribution in [1.29, 1.82) is 0 Å². The van der Waals surface area contributed by atoms with E-state index in [1.165, 1.54) is 5.56 Å². The van der Waals surface area contributed by atoms with Gasteiger partial charge in [-0.15, -0.1) is 0 Å². The van der Waals surface area contributed by atoms with E-state index in [0.717, 1.165) is 17.0 Å². The van der Waals surface area contributed by atoms with Crippen LogP contribution in [0.15, 0.2) is 28.7 Å². The van der Waals surface area contributed by atoms with Gasteiger partial charge in [-0.3, -0.25) is 0 Å². The van der Waals surface area contributed by atoms with E-state index in [1.807, 2.05) is 45.0 Å². The fourth-order valence-corrected chi connectivity index (χ4v) is 2.39. The number of benzene rings is 1. The first-order valence-electron chi connectivity index (χ1n) is 8.11. The monoisotopic (exact) mass is 315 g/mol. The Hall–Kier alpha value is -2.30. The van der Waals surface area contributed by atoms with E-state index in [9.17, 15) is 4.79 Å². The molecule has 0 aliphatic rings. The molecule has 0 atom stereocenters. The first-order chi connectivity index (χ1) is 11.0. The van der Waals surface area contributed by atoms with Crippen LogP contribution in [0.25, 0.3) is 11.5 Å². The van der Waals surface area contributed by atoms with Crippen molar-refractivity contribution in [2.75, 3.05) is 19.6 Å². The number of nitrogens with zero attached hydrogens (tertiary/aromatic N) is 2. The Balaban J connectivity index is 1.96. The minimum atomic E-state index is -0.0325. The molecule has 1 aromatic heterocycles. The summed E-state index contributed by atoms with van der Waals surface area (Å²) in [5.74, 6) is 1.44. The van der Waals surface area contributed by atoms with Crippen LogP contribution in [-0.2, 0) is 6.42 Å². The number of hydrogen-bond donors (Lipinski definition) is 1. The molecule has 2 rings (SSSR count). The first-order valence-corrected chi connectivity index (χ1v) is 8.11. The quantitative estimate of drug-likeness (QED) is 0.887. The van der Waals surface area contributed by atoms with E-state index in [0.29, 0.717) is 31.9 Å². The Labute approximate surface area is 137 Å². The van der Waals surface area contributed by atoms with Gasteiger partial charge in [0.05, 0.1) is 5.69 Å². The summed E-state index contributed by atoms with van der Waals surface area (Å²) in [5, 5.41) is 2.92. The molecule has 5 nitrogen and oxygen atoms in total. The number of aromatic nitrogens is 1. The van der Waals surface area contributed by atoms with Gasteiger partial charge in [-0.2, -0.15) is 0 Å². The number of carbonyl (C=O) groups is 1. The van der Waals surface area contributed by atoms with E-state index in [-0.39, 0.29) is 6.03 Å². The molecule has 0 saturated carbocycles. The van der Waals surface area contributed by atoms with Crippen LogP contribution in [-0.4, -0.2) is 35.5 Å². The molecule has 0 spiro atoms. The lowest BCUT2D eigenvalue weighted by atomic mass is 10.1. The largest absolute Gasteiger partial charge is 0.441 e. The molecule has 1 N–H and O–H groups in total. The third kappa shape index (κ3) is 4.34. The maximum absolute atomic E-state index is 11.9. The van der Waals surface area contributed by atoms with Crippen LogP contribution >= 0.6 is 0 Å². The van der Waals surface area contributed by atoms with E-state index in [1.54, 1.807) is 4.90 Å². The lowest BCUT2D eigenvalue weighted by Crippen LogP contribution is -2.40. The molecular weight excluding hydrogens is 290 g/mol. The number of urea groups is 1. The molecule has 23 heavy (non-hydrogen) atoms. The van der Waals surface area contributed by atoms with Gasteiger partial charge in [0.15, 0.2) is 0 Å². The van der Waals surface area contributed by atoms with Crippen molar-refractivity contribution in [2.24, 2.45) is 0 Å². The Morgan fingerprint density at radius 3 is 2.43 bits per heavy atom. The molecule has 0 aliphatic carbocycles. The summed E-state index contributed by atoms with van der Waals surface area (Å²) in [6.07, 6.45) is 0.661. The standard InChI is InChI=1S/C18H25N3O2/c1-5-21(6-2)18(22)19-12-11-16-14(4)23-17(20-16)15-9-7-13(3)8-10-15/h7-10H,5-6,11-12H2,1-4H3,(H,19,22). The number of rotatable bonds is 6. The molecular formula is C18H25N3O2. The van der Waals surface area contributed by atoms with Gasteiger partial charge >= 0.3 is 6.03 Å². The van der Waals surface area contributed by atoms with Gasteiger partial charge in [-0.05, 0) is 39.8 Å². The van der Waals surface area contributed by atoms with Crippen molar-refractivity contribution in [1.82, 2.24) is 15.2 Å². The van der Waals surface area contributed by atoms with Crippen LogP contribution in [0.5, 0.6) is 0 Å². The minimum absolute atomic E-state index is 0.0325. The predicted molar refractivity (Wildman–Crippen MR) is 91.4 cm³/mol. The number of carbonyl (C=O) groups excluding carboxylic acids is 1. The van der Waals surface area contributed by atoms with Gasteiger partial charge in [-0.1, -0.05) is 17.7 Å². The predicted octanol–water partition coefficient (Wildman–Crippen LogP) is 3.55. The van der Waals surface area contributed by atoms with E-state index >= 15 is 0 Å². The van der Waals surface area contributed by atoms with E-state index < -0.39 is 0 Å². The smallest absolute Gasteiger partial charge is 0.317 e. The van der Waals surface area contributed by atoms with Gasteiger partial charge in [0.25, 0.3) is 0 Å². The Morgan fingerprint density at radius 2 is 1.83 bits per heavy atom. The molecule has 0 unspecified atom stereocenters. The highest BCUT2D eigenvalue weighted by atomic mass is 16.4. The van der Waals surface area contributed by atoms with E-state index in [2.05, 4.69) is 17.2 Å². The van der Waals surface area contributed by atoms with Crippen molar-refractivity contribution >= 4 is 6.03 Å². The van der Waals surface area contributed by atoms with Crippen molar-refractivity contribution < 1.29 is 9.21 Å².